The SMILES string of the molecule is CC(C)c1nc2ccccc2n1Cc1ccc(C(=O)N[C@@H]2CC=CC[C@@H]2C(=O)NO)cc1. The quantitative estimate of drug-likeness (QED) is 0.314. The Balaban J connectivity index is 1.50. The molecule has 166 valence electrons. The summed E-state index contributed by atoms with van der Waals surface area (Å²) in [7, 11) is 0. The highest BCUT2D eigenvalue weighted by Crippen LogP contribution is 2.24. The van der Waals surface area contributed by atoms with E-state index in [1.807, 2.05) is 42.5 Å². The number of rotatable bonds is 6. The van der Waals surface area contributed by atoms with Gasteiger partial charge in [-0.1, -0.05) is 50.3 Å². The Morgan fingerprint density at radius 3 is 2.53 bits per heavy atom. The fraction of sp³-hybridized carbons (Fsp3) is 0.320. The number of fused-ring (bicyclic) bond motifs is 1. The number of carbonyl (C=O) groups is 2. The van der Waals surface area contributed by atoms with Crippen LogP contribution in [0.3, 0.4) is 0 Å². The minimum atomic E-state index is -0.489. The monoisotopic (exact) mass is 432 g/mol. The Labute approximate surface area is 187 Å². The first-order chi connectivity index (χ1) is 15.5. The Hall–Kier alpha value is -3.45. The molecule has 0 aliphatic heterocycles. The van der Waals surface area contributed by atoms with Gasteiger partial charge < -0.3 is 9.88 Å². The topological polar surface area (TPSA) is 96.2 Å². The lowest BCUT2D eigenvalue weighted by Gasteiger charge is -2.27. The molecule has 0 saturated heterocycles. The highest BCUT2D eigenvalue weighted by molar-refractivity contribution is 5.95. The van der Waals surface area contributed by atoms with E-state index in [2.05, 4.69) is 29.8 Å². The summed E-state index contributed by atoms with van der Waals surface area (Å²) in [5.74, 6) is 0.122. The summed E-state index contributed by atoms with van der Waals surface area (Å²) in [6.07, 6.45) is 4.86. The average Bonchev–Trinajstić information content (AvgIpc) is 3.18. The molecule has 7 nitrogen and oxygen atoms in total. The fourth-order valence-electron chi connectivity index (χ4n) is 4.24. The molecule has 0 fully saturated rings. The molecule has 0 bridgehead atoms. The molecule has 0 unspecified atom stereocenters. The van der Waals surface area contributed by atoms with Crippen LogP contribution >= 0.6 is 0 Å². The summed E-state index contributed by atoms with van der Waals surface area (Å²) < 4.78 is 2.22. The summed E-state index contributed by atoms with van der Waals surface area (Å²) in [5, 5.41) is 11.9. The normalized spacial score (nSPS) is 18.1. The maximum Gasteiger partial charge on any atom is 0.251 e. The summed E-state index contributed by atoms with van der Waals surface area (Å²) >= 11 is 0. The molecular formula is C25H28N4O3. The summed E-state index contributed by atoms with van der Waals surface area (Å²) in [6.45, 7) is 4.94. The van der Waals surface area contributed by atoms with Crippen LogP contribution in [-0.2, 0) is 11.3 Å². The van der Waals surface area contributed by atoms with Crippen LogP contribution in [0.15, 0.2) is 60.7 Å². The van der Waals surface area contributed by atoms with Gasteiger partial charge in [0.05, 0.1) is 17.0 Å². The minimum Gasteiger partial charge on any atom is -0.348 e. The molecule has 0 spiro atoms. The number of aromatic nitrogens is 2. The number of nitrogens with one attached hydrogen (secondary N) is 2. The molecule has 4 rings (SSSR count). The molecule has 1 aromatic heterocycles. The second-order valence-corrected chi connectivity index (χ2v) is 8.50. The van der Waals surface area contributed by atoms with Gasteiger partial charge in [0.2, 0.25) is 5.91 Å². The number of carbonyl (C=O) groups excluding carboxylic acids is 2. The van der Waals surface area contributed by atoms with Gasteiger partial charge in [0.1, 0.15) is 5.82 Å². The van der Waals surface area contributed by atoms with Gasteiger partial charge in [-0.15, -0.1) is 0 Å². The smallest absolute Gasteiger partial charge is 0.251 e. The average molecular weight is 433 g/mol. The first kappa shape index (κ1) is 21.8. The summed E-state index contributed by atoms with van der Waals surface area (Å²) in [4.78, 5) is 29.5. The highest BCUT2D eigenvalue weighted by Gasteiger charge is 2.30. The Bertz CT molecular complexity index is 1150. The van der Waals surface area contributed by atoms with Crippen molar-refractivity contribution in [3.8, 4) is 0 Å². The van der Waals surface area contributed by atoms with E-state index >= 15 is 0 Å². The van der Waals surface area contributed by atoms with Gasteiger partial charge in [-0.25, -0.2) is 10.5 Å². The van der Waals surface area contributed by atoms with Crippen LogP contribution in [0.25, 0.3) is 11.0 Å². The Morgan fingerprint density at radius 2 is 1.81 bits per heavy atom. The zero-order chi connectivity index (χ0) is 22.7. The third-order valence-electron chi connectivity index (χ3n) is 5.95. The number of imidazole rings is 1. The molecule has 1 aliphatic carbocycles. The molecule has 2 atom stereocenters. The second kappa shape index (κ2) is 9.36. The molecule has 1 aliphatic rings. The van der Waals surface area contributed by atoms with E-state index in [1.165, 1.54) is 0 Å². The number of para-hydroxylation sites is 2. The number of nitrogens with zero attached hydrogens (tertiary/aromatic N) is 2. The van der Waals surface area contributed by atoms with E-state index in [0.717, 1.165) is 22.4 Å². The predicted molar refractivity (Wildman–Crippen MR) is 122 cm³/mol. The van der Waals surface area contributed by atoms with E-state index in [1.54, 1.807) is 17.6 Å². The highest BCUT2D eigenvalue weighted by atomic mass is 16.5. The van der Waals surface area contributed by atoms with Crippen molar-refractivity contribution < 1.29 is 14.8 Å². The number of allylic oxidation sites excluding steroid dienone is 1. The van der Waals surface area contributed by atoms with Crippen molar-refractivity contribution in [2.45, 2.75) is 45.2 Å². The van der Waals surface area contributed by atoms with Crippen molar-refractivity contribution in [3.63, 3.8) is 0 Å². The summed E-state index contributed by atoms with van der Waals surface area (Å²) in [6, 6.07) is 15.3. The van der Waals surface area contributed by atoms with Crippen LogP contribution < -0.4 is 10.8 Å². The van der Waals surface area contributed by atoms with E-state index in [0.29, 0.717) is 30.9 Å². The largest absolute Gasteiger partial charge is 0.348 e. The Kier molecular flexibility index (Phi) is 6.37. The van der Waals surface area contributed by atoms with Crippen molar-refractivity contribution in [1.82, 2.24) is 20.3 Å². The predicted octanol–water partition coefficient (Wildman–Crippen LogP) is 3.78. The molecule has 3 N–H and O–H groups in total. The van der Waals surface area contributed by atoms with Gasteiger partial charge in [-0.2, -0.15) is 0 Å². The molecule has 32 heavy (non-hydrogen) atoms. The number of hydrogen-bond acceptors (Lipinski definition) is 4. The third kappa shape index (κ3) is 4.43. The molecule has 3 aromatic rings. The van der Waals surface area contributed by atoms with Crippen LogP contribution in [0.1, 0.15) is 54.4 Å². The van der Waals surface area contributed by atoms with Gasteiger partial charge in [0.25, 0.3) is 5.91 Å². The first-order valence-corrected chi connectivity index (χ1v) is 10.9. The Morgan fingerprint density at radius 1 is 1.09 bits per heavy atom. The van der Waals surface area contributed by atoms with E-state index < -0.39 is 11.8 Å². The molecule has 2 amide bonds. The van der Waals surface area contributed by atoms with Gasteiger partial charge in [-0.3, -0.25) is 14.8 Å². The maximum atomic E-state index is 12.8. The van der Waals surface area contributed by atoms with Crippen LogP contribution in [0, 0.1) is 5.92 Å². The lowest BCUT2D eigenvalue weighted by Crippen LogP contribution is -2.47. The zero-order valence-electron chi connectivity index (χ0n) is 18.3. The lowest BCUT2D eigenvalue weighted by atomic mass is 9.88. The van der Waals surface area contributed by atoms with Crippen molar-refractivity contribution in [2.24, 2.45) is 5.92 Å². The third-order valence-corrected chi connectivity index (χ3v) is 5.95. The van der Waals surface area contributed by atoms with Crippen LogP contribution in [0.4, 0.5) is 0 Å². The maximum absolute atomic E-state index is 12.8. The van der Waals surface area contributed by atoms with Gasteiger partial charge in [0.15, 0.2) is 0 Å². The summed E-state index contributed by atoms with van der Waals surface area (Å²) in [5.41, 5.74) is 5.38. The van der Waals surface area contributed by atoms with Crippen LogP contribution in [0.2, 0.25) is 0 Å². The second-order valence-electron chi connectivity index (χ2n) is 8.50. The van der Waals surface area contributed by atoms with Crippen LogP contribution in [-0.4, -0.2) is 32.6 Å². The van der Waals surface area contributed by atoms with Gasteiger partial charge in [-0.05, 0) is 42.7 Å². The molecular weight excluding hydrogens is 404 g/mol. The molecule has 7 heteroatoms. The zero-order valence-corrected chi connectivity index (χ0v) is 18.3. The number of hydrogen-bond donors (Lipinski definition) is 3. The van der Waals surface area contributed by atoms with E-state index in [9.17, 15) is 9.59 Å². The number of benzene rings is 2. The molecule has 0 radical (unpaired) electrons. The van der Waals surface area contributed by atoms with Crippen LogP contribution in [0.5, 0.6) is 0 Å². The molecule has 0 saturated carbocycles. The number of hydroxylamine groups is 1. The van der Waals surface area contributed by atoms with E-state index in [4.69, 9.17) is 10.2 Å². The molecule has 2 aromatic carbocycles. The minimum absolute atomic E-state index is 0.233. The molecule has 1 heterocycles. The van der Waals surface area contributed by atoms with Crippen molar-refractivity contribution >= 4 is 22.8 Å². The van der Waals surface area contributed by atoms with Gasteiger partial charge >= 0.3 is 0 Å². The van der Waals surface area contributed by atoms with Crippen molar-refractivity contribution in [3.05, 3.63) is 77.6 Å². The van der Waals surface area contributed by atoms with Gasteiger partial charge in [0, 0.05) is 24.1 Å². The first-order valence-electron chi connectivity index (χ1n) is 10.9. The lowest BCUT2D eigenvalue weighted by molar-refractivity contribution is -0.134. The standard InChI is InChI=1S/C25H28N4O3/c1-16(2)23-26-21-9-5-6-10-22(21)29(23)15-17-11-13-18(14-12-17)24(30)27-20-8-4-3-7-19(20)25(31)28-32/h3-6,9-14,16,19-20,32H,7-8,15H2,1-2H3,(H,27,30)(H,28,31)/t19-,20+/m0/s1. The van der Waals surface area contributed by atoms with Crippen molar-refractivity contribution in [2.75, 3.05) is 0 Å². The van der Waals surface area contributed by atoms with E-state index in [-0.39, 0.29) is 11.9 Å². The fourth-order valence-corrected chi connectivity index (χ4v) is 4.24. The number of amides is 2. The van der Waals surface area contributed by atoms with Crippen molar-refractivity contribution in [1.29, 1.82) is 0 Å².